The summed E-state index contributed by atoms with van der Waals surface area (Å²) in [6, 6.07) is 11.2. The predicted molar refractivity (Wildman–Crippen MR) is 90.9 cm³/mol. The molecule has 0 bridgehead atoms. The largest absolute Gasteiger partial charge is 0.351 e. The van der Waals surface area contributed by atoms with Gasteiger partial charge in [0.2, 0.25) is 0 Å². The number of nitrogens with zero attached hydrogens (tertiary/aromatic N) is 1. The van der Waals surface area contributed by atoms with Crippen LogP contribution >= 0.6 is 0 Å². The zero-order chi connectivity index (χ0) is 15.8. The second-order valence-electron chi connectivity index (χ2n) is 6.19. The van der Waals surface area contributed by atoms with Gasteiger partial charge in [0.05, 0.1) is 6.04 Å². The smallest absolute Gasteiger partial charge is 0.172 e. The molecule has 1 fully saturated rings. The van der Waals surface area contributed by atoms with Crippen molar-refractivity contribution in [1.82, 2.24) is 4.90 Å². The molecule has 22 heavy (non-hydrogen) atoms. The average Bonchev–Trinajstić information content (AvgIpc) is 2.56. The second-order valence-corrected chi connectivity index (χ2v) is 6.19. The van der Waals surface area contributed by atoms with Gasteiger partial charge >= 0.3 is 0 Å². The lowest BCUT2D eigenvalue weighted by Crippen LogP contribution is -2.47. The molecule has 0 aromatic heterocycles. The predicted octanol–water partition coefficient (Wildman–Crippen LogP) is 3.73. The fourth-order valence-corrected chi connectivity index (χ4v) is 3.34. The van der Waals surface area contributed by atoms with E-state index in [-0.39, 0.29) is 6.29 Å². The van der Waals surface area contributed by atoms with Crippen LogP contribution in [0.2, 0.25) is 0 Å². The maximum absolute atomic E-state index is 5.76. The maximum Gasteiger partial charge on any atom is 0.172 e. The topological polar surface area (TPSA) is 21.7 Å². The van der Waals surface area contributed by atoms with Gasteiger partial charge in [-0.1, -0.05) is 30.3 Å². The highest BCUT2D eigenvalue weighted by Crippen LogP contribution is 2.24. The van der Waals surface area contributed by atoms with Crippen molar-refractivity contribution in [1.29, 1.82) is 0 Å². The molecule has 3 nitrogen and oxygen atoms in total. The molecular weight excluding hydrogens is 274 g/mol. The lowest BCUT2D eigenvalue weighted by molar-refractivity contribution is -0.173. The average molecular weight is 305 g/mol. The van der Waals surface area contributed by atoms with Crippen LogP contribution in [0.3, 0.4) is 0 Å². The Hall–Kier alpha value is -0.900. The van der Waals surface area contributed by atoms with Gasteiger partial charge in [0.1, 0.15) is 0 Å². The third-order valence-electron chi connectivity index (χ3n) is 4.65. The van der Waals surface area contributed by atoms with Crippen LogP contribution in [0.25, 0.3) is 0 Å². The highest BCUT2D eigenvalue weighted by molar-refractivity contribution is 5.15. The van der Waals surface area contributed by atoms with E-state index in [9.17, 15) is 0 Å². The molecule has 1 aliphatic heterocycles. The van der Waals surface area contributed by atoms with Crippen LogP contribution in [0, 0.1) is 5.92 Å². The van der Waals surface area contributed by atoms with Gasteiger partial charge in [-0.05, 0) is 64.6 Å². The van der Waals surface area contributed by atoms with E-state index in [1.165, 1.54) is 24.8 Å². The van der Waals surface area contributed by atoms with Crippen molar-refractivity contribution in [3.63, 3.8) is 0 Å². The van der Waals surface area contributed by atoms with E-state index in [1.807, 2.05) is 13.8 Å². The Bertz CT molecular complexity index is 395. The summed E-state index contributed by atoms with van der Waals surface area (Å²) in [5.41, 5.74) is 1.47. The van der Waals surface area contributed by atoms with Crippen molar-refractivity contribution in [2.45, 2.75) is 52.4 Å². The minimum atomic E-state index is -0.0966. The van der Waals surface area contributed by atoms with Crippen LogP contribution in [-0.2, 0) is 15.9 Å². The number of ether oxygens (including phenoxy) is 2. The summed E-state index contributed by atoms with van der Waals surface area (Å²) < 4.78 is 11.5. The zero-order valence-electron chi connectivity index (χ0n) is 14.3. The van der Waals surface area contributed by atoms with Crippen LogP contribution < -0.4 is 0 Å². The molecule has 1 aromatic carbocycles. The Morgan fingerprint density at radius 2 is 1.64 bits per heavy atom. The number of piperidine rings is 1. The van der Waals surface area contributed by atoms with Crippen molar-refractivity contribution in [2.75, 3.05) is 26.3 Å². The first-order valence-electron chi connectivity index (χ1n) is 8.75. The molecule has 1 saturated heterocycles. The third-order valence-corrected chi connectivity index (χ3v) is 4.65. The van der Waals surface area contributed by atoms with Gasteiger partial charge in [0.25, 0.3) is 0 Å². The zero-order valence-corrected chi connectivity index (χ0v) is 14.3. The Balaban J connectivity index is 1.80. The molecule has 0 amide bonds. The van der Waals surface area contributed by atoms with E-state index in [1.54, 1.807) is 0 Å². The first kappa shape index (κ1) is 17.5. The van der Waals surface area contributed by atoms with E-state index in [4.69, 9.17) is 9.47 Å². The fraction of sp³-hybridized carbons (Fsp3) is 0.684. The van der Waals surface area contributed by atoms with Gasteiger partial charge in [-0.15, -0.1) is 0 Å². The lowest BCUT2D eigenvalue weighted by Gasteiger charge is -2.39. The molecule has 3 heteroatoms. The summed E-state index contributed by atoms with van der Waals surface area (Å²) in [6.45, 7) is 10.0. The van der Waals surface area contributed by atoms with Crippen LogP contribution in [-0.4, -0.2) is 43.5 Å². The van der Waals surface area contributed by atoms with Crippen LogP contribution in [0.15, 0.2) is 30.3 Å². The standard InChI is InChI=1S/C19H31NO2/c1-4-21-19(22-5-2)16(3)20-13-11-18(12-14-20)15-17-9-7-6-8-10-17/h6-10,16,18-19H,4-5,11-15H2,1-3H3. The minimum Gasteiger partial charge on any atom is -0.351 e. The van der Waals surface area contributed by atoms with Crippen LogP contribution in [0.1, 0.15) is 39.2 Å². The Morgan fingerprint density at radius 3 is 2.18 bits per heavy atom. The maximum atomic E-state index is 5.76. The van der Waals surface area contributed by atoms with Crippen molar-refractivity contribution in [3.8, 4) is 0 Å². The first-order chi connectivity index (χ1) is 10.7. The van der Waals surface area contributed by atoms with Gasteiger partial charge in [-0.25, -0.2) is 0 Å². The van der Waals surface area contributed by atoms with Crippen LogP contribution in [0.5, 0.6) is 0 Å². The molecule has 0 radical (unpaired) electrons. The summed E-state index contributed by atoms with van der Waals surface area (Å²) in [5.74, 6) is 0.809. The van der Waals surface area contributed by atoms with E-state index in [0.717, 1.165) is 19.0 Å². The van der Waals surface area contributed by atoms with Crippen molar-refractivity contribution in [3.05, 3.63) is 35.9 Å². The number of hydrogen-bond donors (Lipinski definition) is 0. The monoisotopic (exact) mass is 305 g/mol. The summed E-state index contributed by atoms with van der Waals surface area (Å²) in [6.07, 6.45) is 3.65. The first-order valence-corrected chi connectivity index (χ1v) is 8.75. The lowest BCUT2D eigenvalue weighted by atomic mass is 9.89. The quantitative estimate of drug-likeness (QED) is 0.683. The van der Waals surface area contributed by atoms with Crippen molar-refractivity contribution < 1.29 is 9.47 Å². The molecule has 1 unspecified atom stereocenters. The Morgan fingerprint density at radius 1 is 1.05 bits per heavy atom. The fourth-order valence-electron chi connectivity index (χ4n) is 3.34. The molecular formula is C19H31NO2. The summed E-state index contributed by atoms with van der Waals surface area (Å²) in [4.78, 5) is 2.53. The van der Waals surface area contributed by atoms with Gasteiger partial charge in [-0.3, -0.25) is 4.90 Å². The molecule has 0 N–H and O–H groups in total. The highest BCUT2D eigenvalue weighted by Gasteiger charge is 2.28. The molecule has 2 rings (SSSR count). The molecule has 1 aromatic rings. The summed E-state index contributed by atoms with van der Waals surface area (Å²) >= 11 is 0. The Kier molecular flexibility index (Phi) is 7.37. The molecule has 0 aliphatic carbocycles. The Labute approximate surface area is 135 Å². The second kappa shape index (κ2) is 9.29. The van der Waals surface area contributed by atoms with Gasteiger partial charge in [0, 0.05) is 13.2 Å². The van der Waals surface area contributed by atoms with E-state index >= 15 is 0 Å². The van der Waals surface area contributed by atoms with E-state index < -0.39 is 0 Å². The molecule has 1 aliphatic rings. The molecule has 1 atom stereocenters. The number of benzene rings is 1. The van der Waals surface area contributed by atoms with E-state index in [2.05, 4.69) is 42.2 Å². The SMILES string of the molecule is CCOC(OCC)C(C)N1CCC(Cc2ccccc2)CC1. The van der Waals surface area contributed by atoms with Gasteiger partial charge < -0.3 is 9.47 Å². The minimum absolute atomic E-state index is 0.0966. The van der Waals surface area contributed by atoms with Gasteiger partial charge in [0.15, 0.2) is 6.29 Å². The number of hydrogen-bond acceptors (Lipinski definition) is 3. The number of rotatable bonds is 8. The van der Waals surface area contributed by atoms with E-state index in [0.29, 0.717) is 19.3 Å². The van der Waals surface area contributed by atoms with Crippen molar-refractivity contribution in [2.24, 2.45) is 5.92 Å². The molecule has 0 spiro atoms. The number of likely N-dealkylation sites (tertiary alicyclic amines) is 1. The summed E-state index contributed by atoms with van der Waals surface area (Å²) in [7, 11) is 0. The normalized spacial score (nSPS) is 18.7. The highest BCUT2D eigenvalue weighted by atomic mass is 16.7. The molecule has 1 heterocycles. The molecule has 0 saturated carbocycles. The summed E-state index contributed by atoms with van der Waals surface area (Å²) in [5, 5.41) is 0. The van der Waals surface area contributed by atoms with Gasteiger partial charge in [-0.2, -0.15) is 0 Å². The van der Waals surface area contributed by atoms with Crippen molar-refractivity contribution >= 4 is 0 Å². The third kappa shape index (κ3) is 5.08. The molecule has 124 valence electrons. The van der Waals surface area contributed by atoms with Crippen LogP contribution in [0.4, 0.5) is 0 Å².